The van der Waals surface area contributed by atoms with Gasteiger partial charge in [-0.3, -0.25) is 0 Å². The molecule has 0 fully saturated rings. The Morgan fingerprint density at radius 1 is 1.25 bits per heavy atom. The average molecular weight is 219 g/mol. The molecule has 1 aromatic rings. The molecular formula is C12H13NO3. The Balaban J connectivity index is 2.88. The summed E-state index contributed by atoms with van der Waals surface area (Å²) in [7, 11) is 0. The third kappa shape index (κ3) is 2.95. The standard InChI is InChI=1S/C12H13NO3/c1-8(14)11(12(15)16)10(13)7-9-5-3-2-4-6-9/h2-6,13-14H,7H2,1H3,(H,15,16). The van der Waals surface area contributed by atoms with E-state index in [2.05, 4.69) is 0 Å². The van der Waals surface area contributed by atoms with Crippen molar-refractivity contribution < 1.29 is 15.0 Å². The third-order valence-corrected chi connectivity index (χ3v) is 2.10. The largest absolute Gasteiger partial charge is 0.512 e. The van der Waals surface area contributed by atoms with Crippen molar-refractivity contribution in [1.29, 1.82) is 5.41 Å². The SMILES string of the molecule is CC(O)=C(C(=N)Cc1ccccc1)C(=O)O. The molecule has 0 bridgehead atoms. The van der Waals surface area contributed by atoms with Crippen LogP contribution in [0.5, 0.6) is 0 Å². The van der Waals surface area contributed by atoms with Gasteiger partial charge < -0.3 is 15.6 Å². The molecule has 0 radical (unpaired) electrons. The first-order chi connectivity index (χ1) is 7.52. The lowest BCUT2D eigenvalue weighted by atomic mass is 10.0. The molecule has 1 aromatic carbocycles. The molecule has 16 heavy (non-hydrogen) atoms. The minimum Gasteiger partial charge on any atom is -0.512 e. The summed E-state index contributed by atoms with van der Waals surface area (Å²) in [5.74, 6) is -1.62. The number of carboxylic acid groups (broad SMARTS) is 1. The molecule has 0 heterocycles. The maximum atomic E-state index is 10.8. The number of aliphatic carboxylic acids is 1. The molecule has 0 atom stereocenters. The van der Waals surface area contributed by atoms with E-state index < -0.39 is 5.97 Å². The maximum absolute atomic E-state index is 10.8. The normalized spacial score (nSPS) is 11.8. The van der Waals surface area contributed by atoms with Crippen LogP contribution in [-0.4, -0.2) is 21.9 Å². The van der Waals surface area contributed by atoms with Crippen molar-refractivity contribution in [3.8, 4) is 0 Å². The Bertz CT molecular complexity index is 431. The number of carboxylic acids is 1. The zero-order valence-electron chi connectivity index (χ0n) is 8.90. The maximum Gasteiger partial charge on any atom is 0.340 e. The van der Waals surface area contributed by atoms with Crippen LogP contribution in [0.1, 0.15) is 12.5 Å². The predicted octanol–water partition coefficient (Wildman–Crippen LogP) is 2.17. The molecule has 0 aliphatic carbocycles. The van der Waals surface area contributed by atoms with Crippen molar-refractivity contribution in [3.63, 3.8) is 0 Å². The number of nitrogens with one attached hydrogen (secondary N) is 1. The van der Waals surface area contributed by atoms with Gasteiger partial charge in [0.05, 0.1) is 5.71 Å². The lowest BCUT2D eigenvalue weighted by Crippen LogP contribution is -2.15. The first-order valence-electron chi connectivity index (χ1n) is 4.77. The molecule has 84 valence electrons. The smallest absolute Gasteiger partial charge is 0.340 e. The number of aliphatic hydroxyl groups excluding tert-OH is 1. The van der Waals surface area contributed by atoms with Gasteiger partial charge in [0, 0.05) is 6.42 Å². The average Bonchev–Trinajstić information content (AvgIpc) is 2.17. The van der Waals surface area contributed by atoms with Gasteiger partial charge >= 0.3 is 5.97 Å². The monoisotopic (exact) mass is 219 g/mol. The van der Waals surface area contributed by atoms with Crippen LogP contribution in [0, 0.1) is 5.41 Å². The van der Waals surface area contributed by atoms with Crippen molar-refractivity contribution in [2.45, 2.75) is 13.3 Å². The van der Waals surface area contributed by atoms with Gasteiger partial charge in [0.2, 0.25) is 0 Å². The summed E-state index contributed by atoms with van der Waals surface area (Å²) >= 11 is 0. The second-order valence-corrected chi connectivity index (χ2v) is 3.41. The zero-order chi connectivity index (χ0) is 12.1. The van der Waals surface area contributed by atoms with Crippen LogP contribution in [0.2, 0.25) is 0 Å². The van der Waals surface area contributed by atoms with Crippen LogP contribution >= 0.6 is 0 Å². The summed E-state index contributed by atoms with van der Waals surface area (Å²) in [6.45, 7) is 1.27. The Kier molecular flexibility index (Phi) is 3.83. The van der Waals surface area contributed by atoms with E-state index in [-0.39, 0.29) is 23.5 Å². The second-order valence-electron chi connectivity index (χ2n) is 3.41. The van der Waals surface area contributed by atoms with E-state index in [0.717, 1.165) is 5.56 Å². The van der Waals surface area contributed by atoms with E-state index in [1.807, 2.05) is 18.2 Å². The van der Waals surface area contributed by atoms with Gasteiger partial charge in [-0.1, -0.05) is 30.3 Å². The van der Waals surface area contributed by atoms with Gasteiger partial charge in [-0.25, -0.2) is 4.79 Å². The lowest BCUT2D eigenvalue weighted by molar-refractivity contribution is -0.132. The molecule has 0 aliphatic rings. The van der Waals surface area contributed by atoms with Crippen LogP contribution in [0.3, 0.4) is 0 Å². The number of hydrogen-bond donors (Lipinski definition) is 3. The van der Waals surface area contributed by atoms with E-state index in [4.69, 9.17) is 10.5 Å². The van der Waals surface area contributed by atoms with Crippen LogP contribution in [0.25, 0.3) is 0 Å². The summed E-state index contributed by atoms with van der Waals surface area (Å²) in [6.07, 6.45) is 0.195. The van der Waals surface area contributed by atoms with E-state index in [1.165, 1.54) is 6.92 Å². The lowest BCUT2D eigenvalue weighted by Gasteiger charge is -2.06. The highest BCUT2D eigenvalue weighted by atomic mass is 16.4. The molecule has 0 saturated carbocycles. The van der Waals surface area contributed by atoms with Crippen molar-refractivity contribution in [2.75, 3.05) is 0 Å². The van der Waals surface area contributed by atoms with Crippen molar-refractivity contribution in [3.05, 3.63) is 47.2 Å². The summed E-state index contributed by atoms with van der Waals surface area (Å²) in [5, 5.41) is 25.7. The Morgan fingerprint density at radius 3 is 2.25 bits per heavy atom. The fourth-order valence-electron chi connectivity index (χ4n) is 1.39. The number of benzene rings is 1. The number of aliphatic hydroxyl groups is 1. The molecule has 4 heteroatoms. The van der Waals surface area contributed by atoms with Crippen LogP contribution in [-0.2, 0) is 11.2 Å². The predicted molar refractivity (Wildman–Crippen MR) is 60.8 cm³/mol. The van der Waals surface area contributed by atoms with E-state index in [1.54, 1.807) is 12.1 Å². The summed E-state index contributed by atoms with van der Waals surface area (Å²) in [5.41, 5.74) is 0.412. The topological polar surface area (TPSA) is 81.4 Å². The minimum atomic E-state index is -1.28. The van der Waals surface area contributed by atoms with Crippen molar-refractivity contribution in [1.82, 2.24) is 0 Å². The highest BCUT2D eigenvalue weighted by molar-refractivity contribution is 6.18. The number of rotatable bonds is 4. The highest BCUT2D eigenvalue weighted by Crippen LogP contribution is 2.09. The van der Waals surface area contributed by atoms with E-state index in [9.17, 15) is 9.90 Å². The van der Waals surface area contributed by atoms with Gasteiger partial charge in [0.1, 0.15) is 11.3 Å². The molecule has 0 amide bonds. The Hall–Kier alpha value is -2.10. The van der Waals surface area contributed by atoms with Gasteiger partial charge in [-0.2, -0.15) is 0 Å². The molecule has 4 nitrogen and oxygen atoms in total. The molecular weight excluding hydrogens is 206 g/mol. The van der Waals surface area contributed by atoms with Crippen LogP contribution < -0.4 is 0 Å². The van der Waals surface area contributed by atoms with Gasteiger partial charge in [-0.15, -0.1) is 0 Å². The number of carbonyl (C=O) groups is 1. The van der Waals surface area contributed by atoms with Crippen molar-refractivity contribution in [2.24, 2.45) is 0 Å². The van der Waals surface area contributed by atoms with Gasteiger partial charge in [0.25, 0.3) is 0 Å². The Labute approximate surface area is 93.4 Å². The molecule has 0 aliphatic heterocycles. The number of hydrogen-bond acceptors (Lipinski definition) is 3. The summed E-state index contributed by atoms with van der Waals surface area (Å²) < 4.78 is 0. The second kappa shape index (κ2) is 5.11. The fraction of sp³-hybridized carbons (Fsp3) is 0.167. The first-order valence-corrected chi connectivity index (χ1v) is 4.77. The van der Waals surface area contributed by atoms with E-state index in [0.29, 0.717) is 0 Å². The van der Waals surface area contributed by atoms with Crippen LogP contribution in [0.4, 0.5) is 0 Å². The molecule has 0 spiro atoms. The van der Waals surface area contributed by atoms with Gasteiger partial charge in [0.15, 0.2) is 0 Å². The molecule has 0 aromatic heterocycles. The molecule has 0 unspecified atom stereocenters. The highest BCUT2D eigenvalue weighted by Gasteiger charge is 2.17. The molecule has 3 N–H and O–H groups in total. The first kappa shape index (κ1) is 12.0. The summed E-state index contributed by atoms with van der Waals surface area (Å²) in [4.78, 5) is 10.8. The van der Waals surface area contributed by atoms with Crippen molar-refractivity contribution >= 4 is 11.7 Å². The summed E-state index contributed by atoms with van der Waals surface area (Å²) in [6, 6.07) is 9.09. The third-order valence-electron chi connectivity index (χ3n) is 2.10. The molecule has 1 rings (SSSR count). The van der Waals surface area contributed by atoms with E-state index >= 15 is 0 Å². The van der Waals surface area contributed by atoms with Crippen LogP contribution in [0.15, 0.2) is 41.7 Å². The Morgan fingerprint density at radius 2 is 1.81 bits per heavy atom. The quantitative estimate of drug-likeness (QED) is 0.412. The molecule has 0 saturated heterocycles. The fourth-order valence-corrected chi connectivity index (χ4v) is 1.39. The van der Waals surface area contributed by atoms with Gasteiger partial charge in [-0.05, 0) is 12.5 Å². The zero-order valence-corrected chi connectivity index (χ0v) is 8.90. The number of allylic oxidation sites excluding steroid dienone is 1. The minimum absolute atomic E-state index is 0.0984.